The molecule has 0 N–H and O–H groups in total. The maximum atomic E-state index is 11.1. The molecule has 1 aromatic rings. The summed E-state index contributed by atoms with van der Waals surface area (Å²) in [5.41, 5.74) is 1.21. The van der Waals surface area contributed by atoms with Crippen molar-refractivity contribution in [1.82, 2.24) is 0 Å². The van der Waals surface area contributed by atoms with Gasteiger partial charge < -0.3 is 9.47 Å². The van der Waals surface area contributed by atoms with Crippen molar-refractivity contribution in [1.29, 1.82) is 0 Å². The monoisotopic (exact) mass is 314 g/mol. The highest BCUT2D eigenvalue weighted by Crippen LogP contribution is 2.17. The molecule has 0 saturated carbocycles. The zero-order chi connectivity index (χ0) is 15.7. The Labute approximate surface area is 126 Å². The average molecular weight is 314 g/mol. The molecule has 0 atom stereocenters. The van der Waals surface area contributed by atoms with Crippen LogP contribution in [0.15, 0.2) is 35.9 Å². The lowest BCUT2D eigenvalue weighted by atomic mass is 10.3. The molecule has 0 saturated heterocycles. The maximum absolute atomic E-state index is 11.1. The number of ether oxygens (including phenoxy) is 2. The van der Waals surface area contributed by atoms with Crippen molar-refractivity contribution in [3.8, 4) is 11.5 Å². The normalized spacial score (nSPS) is 11.0. The van der Waals surface area contributed by atoms with Crippen LogP contribution in [0.1, 0.15) is 20.8 Å². The molecule has 0 amide bonds. The van der Waals surface area contributed by atoms with Gasteiger partial charge in [-0.05, 0) is 51.1 Å². The van der Waals surface area contributed by atoms with Gasteiger partial charge in [-0.3, -0.25) is 4.18 Å². The minimum absolute atomic E-state index is 0.00892. The van der Waals surface area contributed by atoms with Gasteiger partial charge in [0.05, 0.1) is 5.75 Å². The summed E-state index contributed by atoms with van der Waals surface area (Å²) in [6.07, 6.45) is 2.00. The molecule has 0 spiro atoms. The second-order valence-electron chi connectivity index (χ2n) is 4.58. The zero-order valence-corrected chi connectivity index (χ0v) is 13.5. The topological polar surface area (TPSA) is 61.8 Å². The van der Waals surface area contributed by atoms with Crippen molar-refractivity contribution in [2.75, 3.05) is 25.6 Å². The van der Waals surface area contributed by atoms with Gasteiger partial charge in [-0.2, -0.15) is 8.42 Å². The molecule has 0 aliphatic heterocycles. The van der Waals surface area contributed by atoms with Crippen LogP contribution in [0, 0.1) is 0 Å². The molecule has 21 heavy (non-hydrogen) atoms. The van der Waals surface area contributed by atoms with Gasteiger partial charge in [-0.1, -0.05) is 5.57 Å². The zero-order valence-electron chi connectivity index (χ0n) is 12.7. The maximum Gasteiger partial charge on any atom is 0.267 e. The van der Waals surface area contributed by atoms with E-state index in [2.05, 4.69) is 0 Å². The molecule has 0 unspecified atom stereocenters. The van der Waals surface area contributed by atoms with Crippen molar-refractivity contribution >= 4 is 10.1 Å². The molecule has 6 heteroatoms. The molecule has 118 valence electrons. The smallest absolute Gasteiger partial charge is 0.267 e. The van der Waals surface area contributed by atoms with Crippen LogP contribution in [0.3, 0.4) is 0 Å². The van der Waals surface area contributed by atoms with Crippen molar-refractivity contribution in [3.63, 3.8) is 0 Å². The molecular formula is C15H22O5S. The lowest BCUT2D eigenvalue weighted by Gasteiger charge is -2.08. The summed E-state index contributed by atoms with van der Waals surface area (Å²) < 4.78 is 37.8. The van der Waals surface area contributed by atoms with Gasteiger partial charge in [0, 0.05) is 0 Å². The third kappa shape index (κ3) is 7.72. The second kappa shape index (κ2) is 8.69. The largest absolute Gasteiger partial charge is 0.491 e. The Morgan fingerprint density at radius 1 is 1.05 bits per heavy atom. The standard InChI is InChI=1S/C15H22O5S/c1-4-21(16,17)20-12-11-19-15-7-5-14(6-8-15)18-10-9-13(2)3/h5-9H,4,10-12H2,1-3H3. The Hall–Kier alpha value is -1.53. The van der Waals surface area contributed by atoms with E-state index in [9.17, 15) is 8.42 Å². The molecule has 0 radical (unpaired) electrons. The molecule has 0 aliphatic rings. The predicted molar refractivity (Wildman–Crippen MR) is 82.3 cm³/mol. The van der Waals surface area contributed by atoms with Crippen LogP contribution in [0.4, 0.5) is 0 Å². The van der Waals surface area contributed by atoms with E-state index in [1.807, 2.05) is 19.9 Å². The van der Waals surface area contributed by atoms with Crippen molar-refractivity contribution in [2.24, 2.45) is 0 Å². The fourth-order valence-electron chi connectivity index (χ4n) is 1.34. The molecule has 1 rings (SSSR count). The quantitative estimate of drug-likeness (QED) is 0.398. The second-order valence-corrected chi connectivity index (χ2v) is 6.51. The minimum atomic E-state index is -3.40. The molecule has 0 aliphatic carbocycles. The molecule has 0 bridgehead atoms. The van der Waals surface area contributed by atoms with E-state index in [1.165, 1.54) is 12.5 Å². The van der Waals surface area contributed by atoms with Gasteiger partial charge in [0.1, 0.15) is 31.3 Å². The van der Waals surface area contributed by atoms with Crippen molar-refractivity contribution < 1.29 is 22.1 Å². The van der Waals surface area contributed by atoms with Gasteiger partial charge in [0.2, 0.25) is 0 Å². The Bertz CT molecular complexity index is 542. The summed E-state index contributed by atoms with van der Waals surface area (Å²) in [7, 11) is -3.40. The number of hydrogen-bond donors (Lipinski definition) is 0. The summed E-state index contributed by atoms with van der Waals surface area (Å²) in [5.74, 6) is 1.36. The van der Waals surface area contributed by atoms with E-state index in [1.54, 1.807) is 24.3 Å². The van der Waals surface area contributed by atoms with Gasteiger partial charge in [0.15, 0.2) is 0 Å². The van der Waals surface area contributed by atoms with Crippen LogP contribution in [-0.4, -0.2) is 34.0 Å². The highest BCUT2D eigenvalue weighted by molar-refractivity contribution is 7.86. The fraction of sp³-hybridized carbons (Fsp3) is 0.467. The highest BCUT2D eigenvalue weighted by atomic mass is 32.2. The summed E-state index contributed by atoms with van der Waals surface area (Å²) in [4.78, 5) is 0. The summed E-state index contributed by atoms with van der Waals surface area (Å²) in [5, 5.41) is 0. The van der Waals surface area contributed by atoms with Crippen molar-refractivity contribution in [2.45, 2.75) is 20.8 Å². The van der Waals surface area contributed by atoms with E-state index < -0.39 is 10.1 Å². The molecular weight excluding hydrogens is 292 g/mol. The first-order valence-corrected chi connectivity index (χ1v) is 8.37. The minimum Gasteiger partial charge on any atom is -0.491 e. The van der Waals surface area contributed by atoms with E-state index in [4.69, 9.17) is 13.7 Å². The number of rotatable bonds is 9. The first-order valence-electron chi connectivity index (χ1n) is 6.79. The summed E-state index contributed by atoms with van der Waals surface area (Å²) in [6, 6.07) is 7.15. The Morgan fingerprint density at radius 2 is 1.62 bits per heavy atom. The molecule has 0 aromatic heterocycles. The average Bonchev–Trinajstić information content (AvgIpc) is 2.45. The van der Waals surface area contributed by atoms with Crippen LogP contribution in [-0.2, 0) is 14.3 Å². The van der Waals surface area contributed by atoms with E-state index in [0.717, 1.165) is 5.75 Å². The lowest BCUT2D eigenvalue weighted by molar-refractivity contribution is 0.221. The van der Waals surface area contributed by atoms with Gasteiger partial charge in [-0.15, -0.1) is 0 Å². The van der Waals surface area contributed by atoms with Crippen LogP contribution in [0.2, 0.25) is 0 Å². The Kier molecular flexibility index (Phi) is 7.25. The summed E-state index contributed by atoms with van der Waals surface area (Å²) in [6.45, 7) is 6.28. The van der Waals surface area contributed by atoms with Gasteiger partial charge in [-0.25, -0.2) is 0 Å². The van der Waals surface area contributed by atoms with Gasteiger partial charge >= 0.3 is 0 Å². The van der Waals surface area contributed by atoms with Crippen LogP contribution >= 0.6 is 0 Å². The van der Waals surface area contributed by atoms with Gasteiger partial charge in [0.25, 0.3) is 10.1 Å². The van der Waals surface area contributed by atoms with E-state index in [-0.39, 0.29) is 19.0 Å². The summed E-state index contributed by atoms with van der Waals surface area (Å²) >= 11 is 0. The molecule has 5 nitrogen and oxygen atoms in total. The van der Waals surface area contributed by atoms with E-state index >= 15 is 0 Å². The third-order valence-electron chi connectivity index (χ3n) is 2.53. The number of benzene rings is 1. The molecule has 0 fully saturated rings. The van der Waals surface area contributed by atoms with E-state index in [0.29, 0.717) is 12.4 Å². The number of allylic oxidation sites excluding steroid dienone is 1. The number of hydrogen-bond acceptors (Lipinski definition) is 5. The lowest BCUT2D eigenvalue weighted by Crippen LogP contribution is -2.14. The third-order valence-corrected chi connectivity index (χ3v) is 3.77. The first-order chi connectivity index (χ1) is 9.93. The van der Waals surface area contributed by atoms with Crippen molar-refractivity contribution in [3.05, 3.63) is 35.9 Å². The highest BCUT2D eigenvalue weighted by Gasteiger charge is 2.06. The van der Waals surface area contributed by atoms with Crippen LogP contribution in [0.5, 0.6) is 11.5 Å². The van der Waals surface area contributed by atoms with Crippen LogP contribution in [0.25, 0.3) is 0 Å². The SMILES string of the molecule is CCS(=O)(=O)OCCOc1ccc(OCC=C(C)C)cc1. The fourth-order valence-corrected chi connectivity index (χ4v) is 1.83. The molecule has 1 aromatic carbocycles. The Balaban J connectivity index is 2.33. The van der Waals surface area contributed by atoms with Crippen LogP contribution < -0.4 is 9.47 Å². The predicted octanol–water partition coefficient (Wildman–Crippen LogP) is 2.78. The molecule has 0 heterocycles. The Morgan fingerprint density at radius 3 is 2.14 bits per heavy atom. The first kappa shape index (κ1) is 17.5.